The molecule has 14 heavy (non-hydrogen) atoms. The van der Waals surface area contributed by atoms with Crippen molar-refractivity contribution in [3.63, 3.8) is 0 Å². The zero-order valence-corrected chi connectivity index (χ0v) is 9.38. The number of rotatable bonds is 1. The van der Waals surface area contributed by atoms with Gasteiger partial charge in [0.15, 0.2) is 0 Å². The van der Waals surface area contributed by atoms with Crippen LogP contribution in [0.2, 0.25) is 0 Å². The second-order valence-electron chi connectivity index (χ2n) is 5.85. The lowest BCUT2D eigenvalue weighted by Gasteiger charge is -2.36. The average molecular weight is 198 g/mol. The molecule has 2 heteroatoms. The van der Waals surface area contributed by atoms with Crippen molar-refractivity contribution in [2.24, 2.45) is 11.3 Å². The molecule has 0 unspecified atom stereocenters. The lowest BCUT2D eigenvalue weighted by atomic mass is 9.68. The van der Waals surface area contributed by atoms with Crippen LogP contribution < -0.4 is 0 Å². The number of aliphatic hydroxyl groups excluding tert-OH is 1. The third-order valence-electron chi connectivity index (χ3n) is 3.99. The van der Waals surface area contributed by atoms with E-state index in [-0.39, 0.29) is 5.60 Å². The molecule has 0 aromatic rings. The lowest BCUT2D eigenvalue weighted by molar-refractivity contribution is 0.0256. The first-order chi connectivity index (χ1) is 6.55. The fourth-order valence-electron chi connectivity index (χ4n) is 3.15. The van der Waals surface area contributed by atoms with Crippen LogP contribution in [0.3, 0.4) is 0 Å². The molecule has 1 aliphatic heterocycles. The van der Waals surface area contributed by atoms with Crippen LogP contribution in [-0.2, 0) is 4.74 Å². The van der Waals surface area contributed by atoms with Crippen LogP contribution in [-0.4, -0.2) is 23.9 Å². The summed E-state index contributed by atoms with van der Waals surface area (Å²) in [6.45, 7) is 5.71. The van der Waals surface area contributed by atoms with E-state index in [1.807, 2.05) is 0 Å². The van der Waals surface area contributed by atoms with Crippen molar-refractivity contribution in [3.05, 3.63) is 0 Å². The minimum atomic E-state index is 0.0893. The van der Waals surface area contributed by atoms with Gasteiger partial charge in [0.2, 0.25) is 0 Å². The molecule has 1 saturated carbocycles. The van der Waals surface area contributed by atoms with Crippen LogP contribution in [0.5, 0.6) is 0 Å². The van der Waals surface area contributed by atoms with E-state index in [1.54, 1.807) is 0 Å². The van der Waals surface area contributed by atoms with Gasteiger partial charge < -0.3 is 9.84 Å². The zero-order valence-electron chi connectivity index (χ0n) is 9.38. The van der Waals surface area contributed by atoms with Crippen LogP contribution in [0.15, 0.2) is 0 Å². The van der Waals surface area contributed by atoms with Gasteiger partial charge >= 0.3 is 0 Å². The molecular weight excluding hydrogens is 176 g/mol. The van der Waals surface area contributed by atoms with Crippen LogP contribution in [0.1, 0.15) is 46.0 Å². The van der Waals surface area contributed by atoms with E-state index in [4.69, 9.17) is 9.84 Å². The van der Waals surface area contributed by atoms with E-state index in [1.165, 1.54) is 32.1 Å². The van der Waals surface area contributed by atoms with Crippen molar-refractivity contribution >= 4 is 0 Å². The van der Waals surface area contributed by atoms with Crippen molar-refractivity contribution in [2.75, 3.05) is 13.2 Å². The third-order valence-corrected chi connectivity index (χ3v) is 3.99. The number of ether oxygens (including phenoxy) is 1. The van der Waals surface area contributed by atoms with Crippen molar-refractivity contribution in [2.45, 2.75) is 51.6 Å². The Morgan fingerprint density at radius 3 is 2.36 bits per heavy atom. The highest BCUT2D eigenvalue weighted by molar-refractivity contribution is 4.95. The second-order valence-corrected chi connectivity index (χ2v) is 5.85. The van der Waals surface area contributed by atoms with E-state index in [9.17, 15) is 0 Å². The Balaban J connectivity index is 1.94. The summed E-state index contributed by atoms with van der Waals surface area (Å²) >= 11 is 0. The van der Waals surface area contributed by atoms with E-state index in [0.29, 0.717) is 17.9 Å². The Bertz CT molecular complexity index is 202. The summed E-state index contributed by atoms with van der Waals surface area (Å²) in [5, 5.41) is 9.09. The first-order valence-electron chi connectivity index (χ1n) is 5.80. The van der Waals surface area contributed by atoms with Gasteiger partial charge in [-0.1, -0.05) is 0 Å². The Kier molecular flexibility index (Phi) is 2.61. The van der Waals surface area contributed by atoms with Crippen molar-refractivity contribution in [3.8, 4) is 0 Å². The van der Waals surface area contributed by atoms with Gasteiger partial charge in [-0.2, -0.15) is 0 Å². The first-order valence-corrected chi connectivity index (χ1v) is 5.80. The van der Waals surface area contributed by atoms with Crippen LogP contribution in [0.25, 0.3) is 0 Å². The van der Waals surface area contributed by atoms with Gasteiger partial charge in [-0.05, 0) is 57.3 Å². The molecule has 2 nitrogen and oxygen atoms in total. The Labute approximate surface area is 86.6 Å². The van der Waals surface area contributed by atoms with Gasteiger partial charge in [-0.15, -0.1) is 0 Å². The molecule has 2 aliphatic rings. The Hall–Kier alpha value is -0.0800. The summed E-state index contributed by atoms with van der Waals surface area (Å²) in [6.07, 6.45) is 6.09. The molecule has 1 saturated heterocycles. The molecule has 0 bridgehead atoms. The molecule has 0 atom stereocenters. The fourth-order valence-corrected chi connectivity index (χ4v) is 3.15. The van der Waals surface area contributed by atoms with Gasteiger partial charge in [0.05, 0.1) is 12.2 Å². The fraction of sp³-hybridized carbons (Fsp3) is 1.00. The van der Waals surface area contributed by atoms with Crippen molar-refractivity contribution < 1.29 is 9.84 Å². The summed E-state index contributed by atoms with van der Waals surface area (Å²) in [5.74, 6) is 0.560. The van der Waals surface area contributed by atoms with E-state index in [0.717, 1.165) is 6.61 Å². The molecule has 1 N–H and O–H groups in total. The summed E-state index contributed by atoms with van der Waals surface area (Å²) in [7, 11) is 0. The van der Waals surface area contributed by atoms with Crippen LogP contribution in [0, 0.1) is 11.3 Å². The van der Waals surface area contributed by atoms with Gasteiger partial charge in [-0.25, -0.2) is 0 Å². The van der Waals surface area contributed by atoms with E-state index < -0.39 is 0 Å². The highest BCUT2D eigenvalue weighted by Crippen LogP contribution is 2.49. The van der Waals surface area contributed by atoms with Gasteiger partial charge in [0.25, 0.3) is 0 Å². The van der Waals surface area contributed by atoms with Gasteiger partial charge in [0.1, 0.15) is 0 Å². The second kappa shape index (κ2) is 3.49. The molecule has 0 amide bonds. The molecule has 2 rings (SSSR count). The average Bonchev–Trinajstić information content (AvgIpc) is 2.44. The van der Waals surface area contributed by atoms with Gasteiger partial charge in [-0.3, -0.25) is 0 Å². The highest BCUT2D eigenvalue weighted by atomic mass is 16.5. The van der Waals surface area contributed by atoms with E-state index >= 15 is 0 Å². The van der Waals surface area contributed by atoms with E-state index in [2.05, 4.69) is 13.8 Å². The standard InChI is InChI=1S/C12H22O2/c1-11(2)8-12(9-14-11)5-3-10(7-13)4-6-12/h10,13H,3-9H2,1-2H3. The Morgan fingerprint density at radius 2 is 1.93 bits per heavy atom. The predicted octanol–water partition coefficient (Wildman–Crippen LogP) is 2.35. The molecule has 0 aromatic carbocycles. The minimum absolute atomic E-state index is 0.0893. The molecule has 0 aromatic heterocycles. The maximum absolute atomic E-state index is 9.09. The lowest BCUT2D eigenvalue weighted by Crippen LogP contribution is -2.30. The van der Waals surface area contributed by atoms with Crippen LogP contribution in [0.4, 0.5) is 0 Å². The quantitative estimate of drug-likeness (QED) is 0.701. The molecule has 1 spiro atoms. The SMILES string of the molecule is CC1(C)CC2(CCC(CO)CC2)CO1. The molecule has 2 fully saturated rings. The van der Waals surface area contributed by atoms with Crippen LogP contribution >= 0.6 is 0 Å². The topological polar surface area (TPSA) is 29.5 Å². The number of hydrogen-bond donors (Lipinski definition) is 1. The molecule has 82 valence electrons. The first kappa shape index (κ1) is 10.4. The molecule has 1 heterocycles. The summed E-state index contributed by atoms with van der Waals surface area (Å²) in [6, 6.07) is 0. The number of hydrogen-bond acceptors (Lipinski definition) is 2. The smallest absolute Gasteiger partial charge is 0.0632 e. The maximum atomic E-state index is 9.09. The third kappa shape index (κ3) is 1.96. The van der Waals surface area contributed by atoms with Crippen molar-refractivity contribution in [1.29, 1.82) is 0 Å². The monoisotopic (exact) mass is 198 g/mol. The largest absolute Gasteiger partial charge is 0.396 e. The summed E-state index contributed by atoms with van der Waals surface area (Å²) in [5.41, 5.74) is 0.543. The van der Waals surface area contributed by atoms with Crippen molar-refractivity contribution in [1.82, 2.24) is 0 Å². The van der Waals surface area contributed by atoms with Gasteiger partial charge in [0, 0.05) is 6.61 Å². The molecular formula is C12H22O2. The minimum Gasteiger partial charge on any atom is -0.396 e. The maximum Gasteiger partial charge on any atom is 0.0632 e. The molecule has 1 aliphatic carbocycles. The Morgan fingerprint density at radius 1 is 1.29 bits per heavy atom. The normalized spacial score (nSPS) is 41.8. The molecule has 0 radical (unpaired) electrons. The summed E-state index contributed by atoms with van der Waals surface area (Å²) in [4.78, 5) is 0. The summed E-state index contributed by atoms with van der Waals surface area (Å²) < 4.78 is 5.84. The predicted molar refractivity (Wildman–Crippen MR) is 56.1 cm³/mol. The zero-order chi connectivity index (χ0) is 10.2. The number of aliphatic hydroxyl groups is 1. The highest BCUT2D eigenvalue weighted by Gasteiger charge is 2.45.